The van der Waals surface area contributed by atoms with E-state index >= 15 is 0 Å². The number of Topliss-reactive ketones (excluding diaryl/α,β-unsaturated/α-hetero) is 1. The van der Waals surface area contributed by atoms with Gasteiger partial charge in [-0.2, -0.15) is 5.10 Å². The lowest BCUT2D eigenvalue weighted by molar-refractivity contribution is -0.140. The molecule has 0 aliphatic carbocycles. The summed E-state index contributed by atoms with van der Waals surface area (Å²) < 4.78 is 0. The van der Waals surface area contributed by atoms with Crippen molar-refractivity contribution in [3.8, 4) is 0 Å². The molecule has 10 heteroatoms. The van der Waals surface area contributed by atoms with Gasteiger partial charge in [0.1, 0.15) is 17.8 Å². The molecule has 0 fully saturated rings. The molecule has 200 valence electrons. The number of hydrazone groups is 1. The first-order chi connectivity index (χ1) is 18.2. The third-order valence-corrected chi connectivity index (χ3v) is 5.93. The number of rotatable bonds is 12. The number of nitrogens with one attached hydrogen (secondary N) is 4. The zero-order chi connectivity index (χ0) is 27.5. The van der Waals surface area contributed by atoms with Gasteiger partial charge >= 0.3 is 0 Å². The van der Waals surface area contributed by atoms with Crippen LogP contribution in [0.2, 0.25) is 0 Å². The van der Waals surface area contributed by atoms with E-state index in [4.69, 9.17) is 0 Å². The smallest absolute Gasteiger partial charge is 0.289 e. The van der Waals surface area contributed by atoms with E-state index in [1.54, 1.807) is 24.3 Å². The molecular formula is C28H33N5O5. The van der Waals surface area contributed by atoms with Crippen LogP contribution in [0.5, 0.6) is 0 Å². The molecule has 1 heterocycles. The molecule has 0 radical (unpaired) electrons. The summed E-state index contributed by atoms with van der Waals surface area (Å²) in [7, 11) is 0. The summed E-state index contributed by atoms with van der Waals surface area (Å²) in [6.45, 7) is 3.96. The Labute approximate surface area is 221 Å². The Hall–Kier alpha value is -4.34. The maximum atomic E-state index is 13.3. The van der Waals surface area contributed by atoms with E-state index in [0.717, 1.165) is 11.1 Å². The molecule has 0 unspecified atom stereocenters. The molecule has 3 rings (SSSR count). The van der Waals surface area contributed by atoms with Crippen molar-refractivity contribution in [2.24, 2.45) is 11.0 Å². The summed E-state index contributed by atoms with van der Waals surface area (Å²) in [5, 5.41) is 11.8. The van der Waals surface area contributed by atoms with Gasteiger partial charge in [-0.05, 0) is 23.5 Å². The summed E-state index contributed by atoms with van der Waals surface area (Å²) >= 11 is 0. The number of hydrogen-bond donors (Lipinski definition) is 4. The Morgan fingerprint density at radius 3 is 2.08 bits per heavy atom. The quantitative estimate of drug-likeness (QED) is 0.313. The van der Waals surface area contributed by atoms with Crippen LogP contribution < -0.4 is 21.4 Å². The second-order valence-corrected chi connectivity index (χ2v) is 9.53. The van der Waals surface area contributed by atoms with Crippen molar-refractivity contribution in [3.63, 3.8) is 0 Å². The van der Waals surface area contributed by atoms with Crippen LogP contribution >= 0.6 is 0 Å². The van der Waals surface area contributed by atoms with Gasteiger partial charge in [-0.25, -0.2) is 5.43 Å². The van der Waals surface area contributed by atoms with Crippen LogP contribution in [0.1, 0.15) is 44.2 Å². The van der Waals surface area contributed by atoms with Gasteiger partial charge in [0, 0.05) is 25.8 Å². The molecule has 0 bridgehead atoms. The summed E-state index contributed by atoms with van der Waals surface area (Å²) in [5.41, 5.74) is 3.97. The fraction of sp³-hybridized carbons (Fsp3) is 0.357. The zero-order valence-corrected chi connectivity index (χ0v) is 21.5. The van der Waals surface area contributed by atoms with Crippen molar-refractivity contribution >= 4 is 35.1 Å². The highest BCUT2D eigenvalue weighted by Crippen LogP contribution is 2.10. The number of ketones is 1. The van der Waals surface area contributed by atoms with Gasteiger partial charge in [0.25, 0.3) is 11.8 Å². The van der Waals surface area contributed by atoms with Crippen LogP contribution in [0.4, 0.5) is 0 Å². The highest BCUT2D eigenvalue weighted by Gasteiger charge is 2.31. The molecule has 0 saturated carbocycles. The molecule has 4 N–H and O–H groups in total. The first-order valence-electron chi connectivity index (χ1n) is 12.6. The van der Waals surface area contributed by atoms with Crippen molar-refractivity contribution in [3.05, 3.63) is 71.8 Å². The average molecular weight is 520 g/mol. The number of carbonyl (C=O) groups excluding carboxylic acids is 5. The van der Waals surface area contributed by atoms with Crippen LogP contribution in [-0.2, 0) is 36.9 Å². The molecule has 0 saturated heterocycles. The highest BCUT2D eigenvalue weighted by molar-refractivity contribution is 6.40. The van der Waals surface area contributed by atoms with Gasteiger partial charge in [0.05, 0.1) is 0 Å². The van der Waals surface area contributed by atoms with Crippen molar-refractivity contribution < 1.29 is 24.0 Å². The second kappa shape index (κ2) is 13.8. The second-order valence-electron chi connectivity index (χ2n) is 9.53. The zero-order valence-electron chi connectivity index (χ0n) is 21.5. The van der Waals surface area contributed by atoms with Crippen LogP contribution in [-0.4, -0.2) is 47.2 Å². The van der Waals surface area contributed by atoms with E-state index in [2.05, 4.69) is 26.5 Å². The first kappa shape index (κ1) is 28.2. The summed E-state index contributed by atoms with van der Waals surface area (Å²) in [5.74, 6) is -3.00. The van der Waals surface area contributed by atoms with Gasteiger partial charge in [-0.3, -0.25) is 24.0 Å². The monoisotopic (exact) mass is 519 g/mol. The lowest BCUT2D eigenvalue weighted by Gasteiger charge is -2.24. The Morgan fingerprint density at radius 2 is 1.50 bits per heavy atom. The first-order valence-corrected chi connectivity index (χ1v) is 12.6. The molecule has 4 amide bonds. The molecule has 1 aliphatic rings. The minimum Gasteiger partial charge on any atom is -0.345 e. The highest BCUT2D eigenvalue weighted by atomic mass is 16.2. The van der Waals surface area contributed by atoms with Crippen LogP contribution in [0.3, 0.4) is 0 Å². The molecule has 2 aromatic carbocycles. The number of hydrogen-bond acceptors (Lipinski definition) is 6. The maximum absolute atomic E-state index is 13.3. The minimum absolute atomic E-state index is 0.0384. The number of benzene rings is 2. The lowest BCUT2D eigenvalue weighted by atomic mass is 9.99. The predicted octanol–water partition coefficient (Wildman–Crippen LogP) is 1.40. The molecule has 38 heavy (non-hydrogen) atoms. The Morgan fingerprint density at radius 1 is 0.868 bits per heavy atom. The molecule has 1 aliphatic heterocycles. The van der Waals surface area contributed by atoms with Gasteiger partial charge in [0.2, 0.25) is 17.6 Å². The van der Waals surface area contributed by atoms with Gasteiger partial charge in [-0.1, -0.05) is 74.5 Å². The van der Waals surface area contributed by atoms with Crippen LogP contribution in [0.15, 0.2) is 65.8 Å². The number of nitrogens with zero attached hydrogens (tertiary/aromatic N) is 1. The van der Waals surface area contributed by atoms with E-state index in [1.165, 1.54) is 0 Å². The third-order valence-electron chi connectivity index (χ3n) is 5.93. The SMILES string of the molecule is CC(C)C[C@H](NC(=O)C1=NNC(=O)CC1)C(=O)N[C@@H](Cc1ccccc1)C(=O)C(=O)NCc1ccccc1. The maximum Gasteiger partial charge on any atom is 0.289 e. The van der Waals surface area contributed by atoms with E-state index in [9.17, 15) is 24.0 Å². The van der Waals surface area contributed by atoms with Crippen molar-refractivity contribution in [2.75, 3.05) is 0 Å². The average Bonchev–Trinajstić information content (AvgIpc) is 2.91. The molecule has 0 spiro atoms. The van der Waals surface area contributed by atoms with Crippen LogP contribution in [0, 0.1) is 5.92 Å². The fourth-order valence-electron chi connectivity index (χ4n) is 3.94. The van der Waals surface area contributed by atoms with E-state index < -0.39 is 35.6 Å². The largest absolute Gasteiger partial charge is 0.345 e. The van der Waals surface area contributed by atoms with Gasteiger partial charge in [0.15, 0.2) is 0 Å². The summed E-state index contributed by atoms with van der Waals surface area (Å²) in [6, 6.07) is 16.1. The lowest BCUT2D eigenvalue weighted by Crippen LogP contribution is -2.55. The van der Waals surface area contributed by atoms with Crippen LogP contribution in [0.25, 0.3) is 0 Å². The minimum atomic E-state index is -1.14. The number of amides is 4. The standard InChI is InChI=1S/C28H33N5O5/c1-18(2)15-23(31-26(36)21-13-14-24(34)33-32-21)27(37)30-22(16-19-9-5-3-6-10-19)25(35)28(38)29-17-20-11-7-4-8-12-20/h3-12,18,22-23H,13-17H2,1-2H3,(H,29,38)(H,30,37)(H,31,36)(H,33,34)/t22-,23-/m0/s1. The molecule has 2 atom stereocenters. The third kappa shape index (κ3) is 8.65. The van der Waals surface area contributed by atoms with Gasteiger partial charge < -0.3 is 16.0 Å². The van der Waals surface area contributed by atoms with E-state index in [1.807, 2.05) is 50.2 Å². The Balaban J connectivity index is 1.73. The Bertz CT molecular complexity index is 1180. The van der Waals surface area contributed by atoms with Crippen molar-refractivity contribution in [2.45, 2.75) is 58.2 Å². The van der Waals surface area contributed by atoms with E-state index in [-0.39, 0.29) is 43.3 Å². The molecular weight excluding hydrogens is 486 g/mol. The fourth-order valence-corrected chi connectivity index (χ4v) is 3.94. The normalized spacial score (nSPS) is 14.5. The van der Waals surface area contributed by atoms with Crippen molar-refractivity contribution in [1.29, 1.82) is 0 Å². The van der Waals surface area contributed by atoms with Crippen molar-refractivity contribution in [1.82, 2.24) is 21.4 Å². The molecule has 0 aromatic heterocycles. The topological polar surface area (TPSA) is 146 Å². The number of carbonyl (C=O) groups is 5. The van der Waals surface area contributed by atoms with E-state index in [0.29, 0.717) is 6.42 Å². The van der Waals surface area contributed by atoms with Gasteiger partial charge in [-0.15, -0.1) is 0 Å². The summed E-state index contributed by atoms with van der Waals surface area (Å²) in [6.07, 6.45) is 0.679. The molecule has 10 nitrogen and oxygen atoms in total. The summed E-state index contributed by atoms with van der Waals surface area (Å²) in [4.78, 5) is 63.4. The predicted molar refractivity (Wildman–Crippen MR) is 142 cm³/mol. The Kier molecular flexibility index (Phi) is 10.3. The molecule has 2 aromatic rings.